The highest BCUT2D eigenvalue weighted by molar-refractivity contribution is 9.10. The van der Waals surface area contributed by atoms with Gasteiger partial charge in [0.25, 0.3) is 0 Å². The van der Waals surface area contributed by atoms with E-state index in [9.17, 15) is 18.0 Å². The summed E-state index contributed by atoms with van der Waals surface area (Å²) in [7, 11) is 0. The Hall–Kier alpha value is -0.840. The molecular weight excluding hydrogens is 261 g/mol. The molecule has 0 saturated heterocycles. The highest BCUT2D eigenvalue weighted by atomic mass is 79.9. The van der Waals surface area contributed by atoms with Gasteiger partial charge in [-0.1, -0.05) is 15.9 Å². The van der Waals surface area contributed by atoms with Gasteiger partial charge >= 0.3 is 5.92 Å². The van der Waals surface area contributed by atoms with Gasteiger partial charge in [-0.2, -0.15) is 8.78 Å². The molecule has 0 atom stereocenters. The van der Waals surface area contributed by atoms with Gasteiger partial charge in [0.2, 0.25) is 5.78 Å². The molecule has 0 aliphatic heterocycles. The second kappa shape index (κ2) is 3.73. The molecule has 14 heavy (non-hydrogen) atoms. The average molecular weight is 267 g/mol. The van der Waals surface area contributed by atoms with E-state index in [1.54, 1.807) is 0 Å². The molecule has 0 aliphatic carbocycles. The summed E-state index contributed by atoms with van der Waals surface area (Å²) in [6.45, 7) is 0.440. The standard InChI is InChI=1S/C9H6BrF3O/c1-9(12,13)8(14)6-4-5(10)2-3-7(6)11/h2-4H,1H3. The van der Waals surface area contributed by atoms with Gasteiger partial charge < -0.3 is 0 Å². The summed E-state index contributed by atoms with van der Waals surface area (Å²) in [6, 6.07) is 3.33. The van der Waals surface area contributed by atoms with Crippen LogP contribution in [0.4, 0.5) is 13.2 Å². The first kappa shape index (κ1) is 11.2. The zero-order valence-corrected chi connectivity index (χ0v) is 8.74. The Labute approximate surface area is 87.1 Å². The molecule has 0 fully saturated rings. The lowest BCUT2D eigenvalue weighted by molar-refractivity contribution is 0.0217. The van der Waals surface area contributed by atoms with E-state index in [2.05, 4.69) is 15.9 Å². The zero-order chi connectivity index (χ0) is 10.9. The minimum Gasteiger partial charge on any atom is -0.287 e. The largest absolute Gasteiger partial charge is 0.307 e. The molecule has 0 amide bonds. The van der Waals surface area contributed by atoms with E-state index in [0.717, 1.165) is 12.1 Å². The van der Waals surface area contributed by atoms with Gasteiger partial charge in [0.05, 0.1) is 5.56 Å². The van der Waals surface area contributed by atoms with Crippen molar-refractivity contribution in [2.45, 2.75) is 12.8 Å². The minimum absolute atomic E-state index is 0.381. The van der Waals surface area contributed by atoms with Gasteiger partial charge in [-0.25, -0.2) is 4.39 Å². The van der Waals surface area contributed by atoms with Gasteiger partial charge in [-0.05, 0) is 18.2 Å². The van der Waals surface area contributed by atoms with Crippen molar-refractivity contribution in [3.63, 3.8) is 0 Å². The Morgan fingerprint density at radius 2 is 2.00 bits per heavy atom. The van der Waals surface area contributed by atoms with E-state index in [1.165, 1.54) is 6.07 Å². The number of alkyl halides is 2. The minimum atomic E-state index is -3.55. The summed E-state index contributed by atoms with van der Waals surface area (Å²) >= 11 is 2.97. The molecular formula is C9H6BrF3O. The van der Waals surface area contributed by atoms with Crippen LogP contribution in [0.1, 0.15) is 17.3 Å². The number of ketones is 1. The maximum Gasteiger partial charge on any atom is 0.307 e. The molecule has 0 spiro atoms. The summed E-state index contributed by atoms with van der Waals surface area (Å²) in [5, 5.41) is 0. The fraction of sp³-hybridized carbons (Fsp3) is 0.222. The highest BCUT2D eigenvalue weighted by Gasteiger charge is 2.34. The van der Waals surface area contributed by atoms with E-state index in [1.807, 2.05) is 0 Å². The van der Waals surface area contributed by atoms with Crippen LogP contribution in [-0.4, -0.2) is 11.7 Å². The molecule has 1 nitrogen and oxygen atoms in total. The van der Waals surface area contributed by atoms with Crippen molar-refractivity contribution in [3.8, 4) is 0 Å². The molecule has 0 bridgehead atoms. The van der Waals surface area contributed by atoms with Gasteiger partial charge in [0.15, 0.2) is 0 Å². The van der Waals surface area contributed by atoms with Crippen LogP contribution in [0.2, 0.25) is 0 Å². The lowest BCUT2D eigenvalue weighted by atomic mass is 10.1. The van der Waals surface area contributed by atoms with Crippen LogP contribution in [0.15, 0.2) is 22.7 Å². The highest BCUT2D eigenvalue weighted by Crippen LogP contribution is 2.23. The van der Waals surface area contributed by atoms with Crippen molar-refractivity contribution >= 4 is 21.7 Å². The number of rotatable bonds is 2. The van der Waals surface area contributed by atoms with Crippen molar-refractivity contribution in [3.05, 3.63) is 34.1 Å². The normalized spacial score (nSPS) is 11.5. The molecule has 0 aliphatic rings. The third-order valence-electron chi connectivity index (χ3n) is 1.57. The first-order valence-corrected chi connectivity index (χ1v) is 4.49. The van der Waals surface area contributed by atoms with Gasteiger partial charge in [0, 0.05) is 11.4 Å². The molecule has 0 unspecified atom stereocenters. The Balaban J connectivity index is 3.19. The summed E-state index contributed by atoms with van der Waals surface area (Å²) in [5.74, 6) is -6.02. The van der Waals surface area contributed by atoms with Gasteiger partial charge in [0.1, 0.15) is 5.82 Å². The van der Waals surface area contributed by atoms with Crippen LogP contribution in [0.5, 0.6) is 0 Å². The second-order valence-corrected chi connectivity index (χ2v) is 3.76. The first-order valence-electron chi connectivity index (χ1n) is 3.70. The topological polar surface area (TPSA) is 17.1 Å². The molecule has 1 rings (SSSR count). The third kappa shape index (κ3) is 2.35. The molecule has 1 aromatic rings. The predicted molar refractivity (Wildman–Crippen MR) is 49.1 cm³/mol. The monoisotopic (exact) mass is 266 g/mol. The molecule has 0 radical (unpaired) electrons. The lowest BCUT2D eigenvalue weighted by Gasteiger charge is -2.09. The number of carbonyl (C=O) groups excluding carboxylic acids is 1. The molecule has 0 aromatic heterocycles. The number of halogens is 4. The van der Waals surface area contributed by atoms with E-state index < -0.39 is 23.1 Å². The number of Topliss-reactive ketones (excluding diaryl/α,β-unsaturated/α-hetero) is 1. The van der Waals surface area contributed by atoms with Crippen molar-refractivity contribution in [1.29, 1.82) is 0 Å². The fourth-order valence-corrected chi connectivity index (χ4v) is 1.27. The molecule has 0 heterocycles. The Kier molecular flexibility index (Phi) is 2.99. The zero-order valence-electron chi connectivity index (χ0n) is 7.15. The van der Waals surface area contributed by atoms with Crippen LogP contribution < -0.4 is 0 Å². The average Bonchev–Trinajstić information content (AvgIpc) is 2.06. The van der Waals surface area contributed by atoms with Gasteiger partial charge in [-0.15, -0.1) is 0 Å². The van der Waals surface area contributed by atoms with E-state index in [-0.39, 0.29) is 0 Å². The maximum absolute atomic E-state index is 13.0. The maximum atomic E-state index is 13.0. The smallest absolute Gasteiger partial charge is 0.287 e. The summed E-state index contributed by atoms with van der Waals surface area (Å²) in [4.78, 5) is 11.0. The Morgan fingerprint density at radius 1 is 1.43 bits per heavy atom. The predicted octanol–water partition coefficient (Wildman–Crippen LogP) is 3.43. The van der Waals surface area contributed by atoms with Crippen molar-refractivity contribution in [1.82, 2.24) is 0 Å². The van der Waals surface area contributed by atoms with E-state index in [0.29, 0.717) is 11.4 Å². The van der Waals surface area contributed by atoms with Crippen molar-refractivity contribution in [2.24, 2.45) is 0 Å². The lowest BCUT2D eigenvalue weighted by Crippen LogP contribution is -2.25. The second-order valence-electron chi connectivity index (χ2n) is 2.84. The molecule has 0 saturated carbocycles. The molecule has 1 aromatic carbocycles. The number of hydrogen-bond donors (Lipinski definition) is 0. The van der Waals surface area contributed by atoms with Gasteiger partial charge in [-0.3, -0.25) is 4.79 Å². The van der Waals surface area contributed by atoms with Crippen LogP contribution in [-0.2, 0) is 0 Å². The third-order valence-corrected chi connectivity index (χ3v) is 2.06. The van der Waals surface area contributed by atoms with Crippen LogP contribution in [0.25, 0.3) is 0 Å². The molecule has 5 heteroatoms. The van der Waals surface area contributed by atoms with Crippen LogP contribution in [0.3, 0.4) is 0 Å². The summed E-state index contributed by atoms with van der Waals surface area (Å²) in [6.07, 6.45) is 0. The quantitative estimate of drug-likeness (QED) is 0.750. The fourth-order valence-electron chi connectivity index (χ4n) is 0.908. The number of hydrogen-bond acceptors (Lipinski definition) is 1. The number of benzene rings is 1. The van der Waals surface area contributed by atoms with E-state index in [4.69, 9.17) is 0 Å². The Bertz CT molecular complexity index is 371. The Morgan fingerprint density at radius 3 is 2.50 bits per heavy atom. The first-order chi connectivity index (χ1) is 6.32. The SMILES string of the molecule is CC(F)(F)C(=O)c1cc(Br)ccc1F. The number of carbonyl (C=O) groups is 1. The van der Waals surface area contributed by atoms with Crippen LogP contribution >= 0.6 is 15.9 Å². The molecule has 0 N–H and O–H groups in total. The summed E-state index contributed by atoms with van der Waals surface area (Å²) in [5.41, 5.74) is -0.605. The van der Waals surface area contributed by atoms with E-state index >= 15 is 0 Å². The van der Waals surface area contributed by atoms with Crippen LogP contribution in [0, 0.1) is 5.82 Å². The summed E-state index contributed by atoms with van der Waals surface area (Å²) < 4.78 is 38.5. The van der Waals surface area contributed by atoms with Crippen molar-refractivity contribution < 1.29 is 18.0 Å². The molecule has 76 valence electrons. The van der Waals surface area contributed by atoms with Crippen molar-refractivity contribution in [2.75, 3.05) is 0 Å².